The van der Waals surface area contributed by atoms with Crippen LogP contribution in [0, 0.1) is 0 Å². The monoisotopic (exact) mass is 735 g/mol. The second-order valence-electron chi connectivity index (χ2n) is 14.0. The first-order valence-electron chi connectivity index (χ1n) is 18.8. The number of para-hydroxylation sites is 3. The van der Waals surface area contributed by atoms with Gasteiger partial charge in [0.25, 0.3) is 0 Å². The standard InChI is InChI=1S/C51H33N3OS/c1-4-16-35(17-5-1)53(36-18-6-2-7-19-36)39-27-29-43-45(32-39)41-23-10-11-25-44(41)50-49(43)52-51(55-50)34-15-14-22-38(31-34)54(37-20-8-3-9-21-37)40-28-30-48-46(33-40)42-24-12-13-26-47(42)56-48/h1-33H. The van der Waals surface area contributed by atoms with Crippen LogP contribution in [0.25, 0.3) is 64.3 Å². The number of hydrogen-bond donors (Lipinski definition) is 0. The summed E-state index contributed by atoms with van der Waals surface area (Å²) in [5.41, 5.74) is 9.02. The van der Waals surface area contributed by atoms with Crippen LogP contribution in [0.1, 0.15) is 0 Å². The summed E-state index contributed by atoms with van der Waals surface area (Å²) in [6, 6.07) is 70.8. The molecule has 0 spiro atoms. The van der Waals surface area contributed by atoms with E-state index in [0.717, 1.165) is 72.3 Å². The highest BCUT2D eigenvalue weighted by Gasteiger charge is 2.21. The van der Waals surface area contributed by atoms with Gasteiger partial charge >= 0.3 is 0 Å². The Morgan fingerprint density at radius 2 is 0.875 bits per heavy atom. The highest BCUT2D eigenvalue weighted by molar-refractivity contribution is 7.25. The molecule has 0 bridgehead atoms. The van der Waals surface area contributed by atoms with Crippen LogP contribution in [-0.4, -0.2) is 4.98 Å². The van der Waals surface area contributed by atoms with Crippen molar-refractivity contribution in [3.63, 3.8) is 0 Å². The third-order valence-electron chi connectivity index (χ3n) is 10.6. The lowest BCUT2D eigenvalue weighted by Crippen LogP contribution is -2.09. The Morgan fingerprint density at radius 1 is 0.357 bits per heavy atom. The van der Waals surface area contributed by atoms with E-state index in [1.54, 1.807) is 0 Å². The van der Waals surface area contributed by atoms with Crippen LogP contribution in [-0.2, 0) is 0 Å². The lowest BCUT2D eigenvalue weighted by molar-refractivity contribution is 0.623. The van der Waals surface area contributed by atoms with Crippen LogP contribution in [0.3, 0.4) is 0 Å². The minimum atomic E-state index is 0.589. The summed E-state index contributed by atoms with van der Waals surface area (Å²) in [7, 11) is 0. The maximum absolute atomic E-state index is 6.79. The van der Waals surface area contributed by atoms with Crippen LogP contribution >= 0.6 is 11.3 Å². The van der Waals surface area contributed by atoms with Gasteiger partial charge in [0.05, 0.1) is 0 Å². The molecule has 264 valence electrons. The van der Waals surface area contributed by atoms with Crippen molar-refractivity contribution in [2.45, 2.75) is 0 Å². The highest BCUT2D eigenvalue weighted by Crippen LogP contribution is 2.44. The molecular weight excluding hydrogens is 703 g/mol. The Labute approximate surface area is 327 Å². The van der Waals surface area contributed by atoms with Gasteiger partial charge in [0.1, 0.15) is 5.52 Å². The fourth-order valence-corrected chi connectivity index (χ4v) is 9.17. The van der Waals surface area contributed by atoms with Crippen molar-refractivity contribution in [1.29, 1.82) is 0 Å². The minimum Gasteiger partial charge on any atom is -0.435 e. The number of thiophene rings is 1. The van der Waals surface area contributed by atoms with Crippen molar-refractivity contribution < 1.29 is 4.42 Å². The van der Waals surface area contributed by atoms with E-state index in [1.165, 1.54) is 20.2 Å². The molecule has 11 rings (SSSR count). The van der Waals surface area contributed by atoms with Crippen LogP contribution in [0.2, 0.25) is 0 Å². The van der Waals surface area contributed by atoms with E-state index in [0.29, 0.717) is 5.89 Å². The molecule has 4 nitrogen and oxygen atoms in total. The molecule has 0 radical (unpaired) electrons. The minimum absolute atomic E-state index is 0.589. The largest absolute Gasteiger partial charge is 0.435 e. The molecule has 0 amide bonds. The number of fused-ring (bicyclic) bond motifs is 9. The predicted molar refractivity (Wildman–Crippen MR) is 237 cm³/mol. The van der Waals surface area contributed by atoms with E-state index in [4.69, 9.17) is 9.40 Å². The number of benzene rings is 9. The van der Waals surface area contributed by atoms with E-state index >= 15 is 0 Å². The summed E-state index contributed by atoms with van der Waals surface area (Å²) in [6.45, 7) is 0. The molecule has 0 unspecified atom stereocenters. The van der Waals surface area contributed by atoms with Gasteiger partial charge in [-0.1, -0.05) is 103 Å². The van der Waals surface area contributed by atoms with Crippen LogP contribution in [0.5, 0.6) is 0 Å². The zero-order valence-corrected chi connectivity index (χ0v) is 31.0. The molecule has 5 heteroatoms. The fraction of sp³-hybridized carbons (Fsp3) is 0. The average molecular weight is 736 g/mol. The Hall–Kier alpha value is -7.21. The molecular formula is C51H33N3OS. The first kappa shape index (κ1) is 32.2. The van der Waals surface area contributed by atoms with Gasteiger partial charge in [0, 0.05) is 70.6 Å². The lowest BCUT2D eigenvalue weighted by atomic mass is 9.99. The Kier molecular flexibility index (Phi) is 7.64. The van der Waals surface area contributed by atoms with Crippen molar-refractivity contribution in [1.82, 2.24) is 4.98 Å². The molecule has 9 aromatic carbocycles. The maximum Gasteiger partial charge on any atom is 0.227 e. The zero-order chi connectivity index (χ0) is 37.0. The van der Waals surface area contributed by atoms with Crippen LogP contribution in [0.15, 0.2) is 205 Å². The summed E-state index contributed by atoms with van der Waals surface area (Å²) in [6.07, 6.45) is 0. The number of nitrogens with zero attached hydrogens (tertiary/aromatic N) is 3. The van der Waals surface area contributed by atoms with Gasteiger partial charge in [-0.2, -0.15) is 0 Å². The molecule has 2 aromatic heterocycles. The summed E-state index contributed by atoms with van der Waals surface area (Å²) >= 11 is 1.84. The third kappa shape index (κ3) is 5.40. The van der Waals surface area contributed by atoms with E-state index in [1.807, 2.05) is 11.3 Å². The van der Waals surface area contributed by atoms with Gasteiger partial charge in [0.15, 0.2) is 5.58 Å². The molecule has 0 aliphatic rings. The molecule has 0 fully saturated rings. The Balaban J connectivity index is 1.06. The lowest BCUT2D eigenvalue weighted by Gasteiger charge is -2.26. The first-order valence-corrected chi connectivity index (χ1v) is 19.6. The second kappa shape index (κ2) is 13.3. The number of hydrogen-bond acceptors (Lipinski definition) is 5. The van der Waals surface area contributed by atoms with Crippen molar-refractivity contribution in [2.75, 3.05) is 9.80 Å². The Morgan fingerprint density at radius 3 is 1.57 bits per heavy atom. The second-order valence-corrected chi connectivity index (χ2v) is 15.1. The number of anilines is 6. The van der Waals surface area contributed by atoms with Gasteiger partial charge in [-0.05, 0) is 108 Å². The summed E-state index contributed by atoms with van der Waals surface area (Å²) < 4.78 is 9.37. The molecule has 0 aliphatic carbocycles. The van der Waals surface area contributed by atoms with E-state index in [9.17, 15) is 0 Å². The van der Waals surface area contributed by atoms with E-state index in [2.05, 4.69) is 210 Å². The first-order chi connectivity index (χ1) is 27.8. The smallest absolute Gasteiger partial charge is 0.227 e. The van der Waals surface area contributed by atoms with Crippen molar-refractivity contribution >= 4 is 98.3 Å². The molecule has 0 saturated carbocycles. The number of rotatable bonds is 7. The molecule has 0 N–H and O–H groups in total. The van der Waals surface area contributed by atoms with Crippen LogP contribution < -0.4 is 9.80 Å². The fourth-order valence-electron chi connectivity index (χ4n) is 8.08. The summed E-state index contributed by atoms with van der Waals surface area (Å²) in [5, 5.41) is 6.88. The van der Waals surface area contributed by atoms with Gasteiger partial charge < -0.3 is 14.2 Å². The SMILES string of the molecule is c1ccc(N(c2cccc(-c3nc4c5ccc(N(c6ccccc6)c6ccccc6)cc5c5ccccc5c4o3)c2)c2ccc3sc4ccccc4c3c2)cc1. The average Bonchev–Trinajstić information content (AvgIpc) is 3.88. The van der Waals surface area contributed by atoms with Gasteiger partial charge in [-0.3, -0.25) is 0 Å². The summed E-state index contributed by atoms with van der Waals surface area (Å²) in [5.74, 6) is 0.589. The Bertz CT molecular complexity index is 3170. The molecule has 0 atom stereocenters. The predicted octanol–water partition coefficient (Wildman–Crippen LogP) is 15.1. The van der Waals surface area contributed by atoms with E-state index < -0.39 is 0 Å². The number of oxazole rings is 1. The number of aromatic nitrogens is 1. The van der Waals surface area contributed by atoms with Crippen molar-refractivity contribution in [2.24, 2.45) is 0 Å². The zero-order valence-electron chi connectivity index (χ0n) is 30.2. The molecule has 2 heterocycles. The molecule has 0 saturated heterocycles. The van der Waals surface area contributed by atoms with E-state index in [-0.39, 0.29) is 0 Å². The highest BCUT2D eigenvalue weighted by atomic mass is 32.1. The quantitative estimate of drug-likeness (QED) is 0.153. The third-order valence-corrected chi connectivity index (χ3v) is 11.8. The maximum atomic E-state index is 6.79. The van der Waals surface area contributed by atoms with Gasteiger partial charge in [-0.15, -0.1) is 11.3 Å². The van der Waals surface area contributed by atoms with Crippen molar-refractivity contribution in [3.05, 3.63) is 200 Å². The summed E-state index contributed by atoms with van der Waals surface area (Å²) in [4.78, 5) is 9.88. The molecule has 56 heavy (non-hydrogen) atoms. The molecule has 11 aromatic rings. The van der Waals surface area contributed by atoms with Crippen LogP contribution in [0.4, 0.5) is 34.1 Å². The van der Waals surface area contributed by atoms with Gasteiger partial charge in [-0.25, -0.2) is 4.98 Å². The van der Waals surface area contributed by atoms with Crippen molar-refractivity contribution in [3.8, 4) is 11.5 Å². The molecule has 0 aliphatic heterocycles. The van der Waals surface area contributed by atoms with Gasteiger partial charge in [0.2, 0.25) is 5.89 Å². The topological polar surface area (TPSA) is 32.5 Å². The normalized spacial score (nSPS) is 11.6.